The molecule has 8 nitrogen and oxygen atoms in total. The van der Waals surface area contributed by atoms with Gasteiger partial charge in [-0.2, -0.15) is 13.2 Å². The highest BCUT2D eigenvalue weighted by Gasteiger charge is 2.38. The van der Waals surface area contributed by atoms with E-state index < -0.39 is 12.1 Å². The summed E-state index contributed by atoms with van der Waals surface area (Å²) in [4.78, 5) is 32.6. The first kappa shape index (κ1) is 25.7. The van der Waals surface area contributed by atoms with E-state index in [9.17, 15) is 18.0 Å². The van der Waals surface area contributed by atoms with Crippen LogP contribution in [0.4, 0.5) is 24.8 Å². The van der Waals surface area contributed by atoms with E-state index in [1.165, 1.54) is 12.8 Å². The van der Waals surface area contributed by atoms with Gasteiger partial charge < -0.3 is 19.9 Å². The van der Waals surface area contributed by atoms with Crippen LogP contribution in [-0.2, 0) is 11.3 Å². The monoisotopic (exact) mass is 489 g/mol. The summed E-state index contributed by atoms with van der Waals surface area (Å²) in [6, 6.07) is 9.76. The fourth-order valence-electron chi connectivity index (χ4n) is 3.19. The second-order valence-corrected chi connectivity index (χ2v) is 8.45. The number of aryl methyl sites for hydroxylation is 1. The fourth-order valence-corrected chi connectivity index (χ4v) is 3.19. The summed E-state index contributed by atoms with van der Waals surface area (Å²) < 4.78 is 33.8. The molecule has 2 heterocycles. The van der Waals surface area contributed by atoms with Crippen LogP contribution in [-0.4, -0.2) is 51.8 Å². The molecule has 0 unspecified atom stereocenters. The summed E-state index contributed by atoms with van der Waals surface area (Å²) in [5, 5.41) is 10.2. The van der Waals surface area contributed by atoms with Crippen LogP contribution in [0.5, 0.6) is 0 Å². The van der Waals surface area contributed by atoms with E-state index in [0.29, 0.717) is 17.6 Å². The fraction of sp³-hybridized carbons (Fsp3) is 0.333. The number of carboxylic acid groups (broad SMARTS) is 1. The lowest BCUT2D eigenvalue weighted by Gasteiger charge is -2.10. The highest BCUT2D eigenvalue weighted by Crippen LogP contribution is 2.33. The molecule has 1 aromatic carbocycles. The maximum atomic E-state index is 13.0. The molecule has 2 aromatic heterocycles. The molecule has 0 spiro atoms. The van der Waals surface area contributed by atoms with Gasteiger partial charge in [-0.3, -0.25) is 4.79 Å². The number of nitrogens with one attached hydrogen (secondary N) is 1. The van der Waals surface area contributed by atoms with E-state index >= 15 is 0 Å². The van der Waals surface area contributed by atoms with Gasteiger partial charge in [0.05, 0.1) is 0 Å². The molecule has 4 rings (SSSR count). The van der Waals surface area contributed by atoms with Crippen LogP contribution in [0.25, 0.3) is 11.1 Å². The van der Waals surface area contributed by atoms with E-state index in [1.54, 1.807) is 0 Å². The van der Waals surface area contributed by atoms with Gasteiger partial charge in [-0.1, -0.05) is 18.2 Å². The summed E-state index contributed by atoms with van der Waals surface area (Å²) >= 11 is 0. The van der Waals surface area contributed by atoms with E-state index in [2.05, 4.69) is 19.9 Å². The van der Waals surface area contributed by atoms with Crippen molar-refractivity contribution in [3.63, 3.8) is 0 Å². The lowest BCUT2D eigenvalue weighted by atomic mass is 10.1. The van der Waals surface area contributed by atoms with Gasteiger partial charge in [-0.05, 0) is 43.4 Å². The molecular formula is C24H26F3N5O3. The van der Waals surface area contributed by atoms with Gasteiger partial charge in [0.2, 0.25) is 5.95 Å². The molecule has 0 radical (unpaired) electrons. The number of aromatic nitrogens is 3. The van der Waals surface area contributed by atoms with E-state index in [4.69, 9.17) is 9.90 Å². The Morgan fingerprint density at radius 2 is 1.74 bits per heavy atom. The second kappa shape index (κ2) is 10.6. The number of nitrogens with zero attached hydrogens (tertiary/aromatic N) is 4. The maximum Gasteiger partial charge on any atom is 0.490 e. The first-order valence-corrected chi connectivity index (χ1v) is 10.8. The number of hydrogen-bond donors (Lipinski definition) is 2. The first-order valence-electron chi connectivity index (χ1n) is 10.8. The third kappa shape index (κ3) is 7.05. The first-order chi connectivity index (χ1) is 16.5. The number of anilines is 2. The molecule has 3 aromatic rings. The molecule has 0 atom stereocenters. The number of rotatable bonds is 6. The highest BCUT2D eigenvalue weighted by molar-refractivity contribution is 6.04. The van der Waals surface area contributed by atoms with Crippen molar-refractivity contribution in [3.05, 3.63) is 60.2 Å². The predicted molar refractivity (Wildman–Crippen MR) is 125 cm³/mol. The van der Waals surface area contributed by atoms with Gasteiger partial charge in [0, 0.05) is 56.0 Å². The summed E-state index contributed by atoms with van der Waals surface area (Å²) in [7, 11) is 3.82. The minimum atomic E-state index is -5.08. The largest absolute Gasteiger partial charge is 0.490 e. The van der Waals surface area contributed by atoms with Crippen molar-refractivity contribution in [2.75, 3.05) is 24.3 Å². The summed E-state index contributed by atoms with van der Waals surface area (Å²) in [6.07, 6.45) is 3.03. The Balaban J connectivity index is 0.000000429. The number of aliphatic carboxylic acids is 1. The molecule has 2 N–H and O–H groups in total. The molecule has 1 aliphatic rings. The Labute approximate surface area is 200 Å². The number of hydrogen-bond acceptors (Lipinski definition) is 5. The molecule has 1 amide bonds. The number of carbonyl (C=O) groups excluding carboxylic acids is 1. The summed E-state index contributed by atoms with van der Waals surface area (Å²) in [5.41, 5.74) is 4.42. The molecule has 35 heavy (non-hydrogen) atoms. The van der Waals surface area contributed by atoms with E-state index in [1.807, 2.05) is 74.8 Å². The van der Waals surface area contributed by atoms with Crippen molar-refractivity contribution in [3.8, 4) is 11.1 Å². The third-order valence-electron chi connectivity index (χ3n) is 5.29. The molecule has 0 saturated heterocycles. The molecular weight excluding hydrogens is 463 g/mol. The standard InChI is InChI=1S/C22H25N5O.C2HF3O2/c1-15-6-4-5-7-19(15)25-21(28)20-10-17(14-27(20)13-16-8-9-16)18-11-23-22(24-12-18)26(2)3;3-2(4,5)1(6)7/h4-7,10-12,14,16H,8-9,13H2,1-3H3,(H,25,28);(H,6,7). The Morgan fingerprint density at radius 3 is 2.26 bits per heavy atom. The summed E-state index contributed by atoms with van der Waals surface area (Å²) in [6.45, 7) is 2.86. The van der Waals surface area contributed by atoms with Gasteiger partial charge in [0.25, 0.3) is 5.91 Å². The zero-order chi connectivity index (χ0) is 25.8. The van der Waals surface area contributed by atoms with Crippen molar-refractivity contribution in [2.24, 2.45) is 5.92 Å². The van der Waals surface area contributed by atoms with Crippen LogP contribution in [0.2, 0.25) is 0 Å². The average molecular weight is 489 g/mol. The predicted octanol–water partition coefficient (Wildman–Crippen LogP) is 4.62. The molecule has 0 aliphatic heterocycles. The Hall–Kier alpha value is -3.89. The summed E-state index contributed by atoms with van der Waals surface area (Å²) in [5.74, 6) is -1.52. The van der Waals surface area contributed by atoms with Crippen molar-refractivity contribution in [1.29, 1.82) is 0 Å². The number of benzene rings is 1. The number of carbonyl (C=O) groups is 2. The van der Waals surface area contributed by atoms with Crippen LogP contribution in [0.1, 0.15) is 28.9 Å². The number of alkyl halides is 3. The molecule has 1 fully saturated rings. The molecule has 1 aliphatic carbocycles. The number of carboxylic acids is 1. The maximum absolute atomic E-state index is 13.0. The number of amides is 1. The Kier molecular flexibility index (Phi) is 7.78. The van der Waals surface area contributed by atoms with Crippen molar-refractivity contribution in [2.45, 2.75) is 32.5 Å². The number of para-hydroxylation sites is 1. The van der Waals surface area contributed by atoms with Crippen molar-refractivity contribution >= 4 is 23.5 Å². The smallest absolute Gasteiger partial charge is 0.475 e. The minimum absolute atomic E-state index is 0.0907. The van der Waals surface area contributed by atoms with E-state index in [0.717, 1.165) is 28.9 Å². The average Bonchev–Trinajstić information content (AvgIpc) is 3.51. The van der Waals surface area contributed by atoms with Gasteiger partial charge in [-0.25, -0.2) is 14.8 Å². The van der Waals surface area contributed by atoms with Crippen LogP contribution >= 0.6 is 0 Å². The molecule has 0 bridgehead atoms. The van der Waals surface area contributed by atoms with Gasteiger partial charge >= 0.3 is 12.1 Å². The topological polar surface area (TPSA) is 100 Å². The quantitative estimate of drug-likeness (QED) is 0.524. The number of halogens is 3. The minimum Gasteiger partial charge on any atom is -0.475 e. The second-order valence-electron chi connectivity index (χ2n) is 8.45. The molecule has 11 heteroatoms. The van der Waals surface area contributed by atoms with Crippen LogP contribution in [0, 0.1) is 12.8 Å². The SMILES string of the molecule is Cc1ccccc1NC(=O)c1cc(-c2cnc(N(C)C)nc2)cn1CC1CC1.O=C(O)C(F)(F)F. The van der Waals surface area contributed by atoms with Crippen LogP contribution in [0.15, 0.2) is 48.9 Å². The molecule has 1 saturated carbocycles. The lowest BCUT2D eigenvalue weighted by Crippen LogP contribution is -2.21. The van der Waals surface area contributed by atoms with Crippen LogP contribution < -0.4 is 10.2 Å². The van der Waals surface area contributed by atoms with E-state index in [-0.39, 0.29) is 5.91 Å². The zero-order valence-corrected chi connectivity index (χ0v) is 19.5. The molecule has 186 valence electrons. The van der Waals surface area contributed by atoms with Crippen molar-refractivity contribution in [1.82, 2.24) is 14.5 Å². The third-order valence-corrected chi connectivity index (χ3v) is 5.29. The van der Waals surface area contributed by atoms with Gasteiger partial charge in [-0.15, -0.1) is 0 Å². The van der Waals surface area contributed by atoms with Gasteiger partial charge in [0.1, 0.15) is 5.69 Å². The normalized spacial score (nSPS) is 13.0. The Bertz CT molecular complexity index is 1190. The Morgan fingerprint density at radius 1 is 1.14 bits per heavy atom. The highest BCUT2D eigenvalue weighted by atomic mass is 19.4. The van der Waals surface area contributed by atoms with Crippen LogP contribution in [0.3, 0.4) is 0 Å². The zero-order valence-electron chi connectivity index (χ0n) is 19.5. The van der Waals surface area contributed by atoms with Crippen molar-refractivity contribution < 1.29 is 27.9 Å². The lowest BCUT2D eigenvalue weighted by molar-refractivity contribution is -0.192. The van der Waals surface area contributed by atoms with Gasteiger partial charge in [0.15, 0.2) is 0 Å².